The van der Waals surface area contributed by atoms with Gasteiger partial charge in [-0.3, -0.25) is 4.79 Å². The lowest BCUT2D eigenvalue weighted by atomic mass is 9.83. The molecule has 1 aromatic heterocycles. The molecule has 5 nitrogen and oxygen atoms in total. The number of carbonyl (C=O) groups is 1. The van der Waals surface area contributed by atoms with Gasteiger partial charge < -0.3 is 19.6 Å². The molecule has 0 saturated carbocycles. The molecule has 25 heavy (non-hydrogen) atoms. The van der Waals surface area contributed by atoms with E-state index in [2.05, 4.69) is 5.32 Å². The number of hydrogen-bond acceptors (Lipinski definition) is 4. The van der Waals surface area contributed by atoms with Crippen molar-refractivity contribution in [3.8, 4) is 5.75 Å². The van der Waals surface area contributed by atoms with Crippen LogP contribution in [0.5, 0.6) is 5.75 Å². The van der Waals surface area contributed by atoms with Gasteiger partial charge >= 0.3 is 0 Å². The molecule has 1 unspecified atom stereocenters. The first kappa shape index (κ1) is 19.1. The second kappa shape index (κ2) is 6.92. The summed E-state index contributed by atoms with van der Waals surface area (Å²) in [5.74, 6) is 1.98. The van der Waals surface area contributed by atoms with Crippen molar-refractivity contribution in [3.05, 3.63) is 53.0 Å². The molecule has 0 saturated heterocycles. The van der Waals surface area contributed by atoms with Gasteiger partial charge in [0.2, 0.25) is 5.91 Å². The quantitative estimate of drug-likeness (QED) is 0.843. The molecular formula is C20H27NO4. The predicted octanol–water partition coefficient (Wildman–Crippen LogP) is 3.21. The van der Waals surface area contributed by atoms with E-state index >= 15 is 0 Å². The number of nitrogens with one attached hydrogen (secondary N) is 1. The maximum absolute atomic E-state index is 12.7. The first-order chi connectivity index (χ1) is 11.6. The molecule has 0 bridgehead atoms. The van der Waals surface area contributed by atoms with E-state index in [1.165, 1.54) is 0 Å². The Labute approximate surface area is 149 Å². The Balaban J connectivity index is 2.10. The van der Waals surface area contributed by atoms with Crippen molar-refractivity contribution in [1.29, 1.82) is 0 Å². The van der Waals surface area contributed by atoms with Gasteiger partial charge in [-0.2, -0.15) is 0 Å². The standard InChI is InChI=1S/C20H27NO4/c1-13-11-17(14(2)25-13)20(5,23)12-21-18(22)19(3,4)15-7-9-16(24-6)10-8-15/h7-11,23H,12H2,1-6H3,(H,21,22). The molecule has 2 aromatic rings. The van der Waals surface area contributed by atoms with E-state index in [1.54, 1.807) is 27.0 Å². The zero-order valence-electron chi connectivity index (χ0n) is 15.8. The maximum Gasteiger partial charge on any atom is 0.230 e. The second-order valence-corrected chi connectivity index (χ2v) is 7.14. The Morgan fingerprint density at radius 1 is 1.20 bits per heavy atom. The molecular weight excluding hydrogens is 318 g/mol. The van der Waals surface area contributed by atoms with Crippen LogP contribution in [0.4, 0.5) is 0 Å². The van der Waals surface area contributed by atoms with Crippen LogP contribution in [0.1, 0.15) is 43.4 Å². The average molecular weight is 345 g/mol. The molecule has 136 valence electrons. The molecule has 0 fully saturated rings. The van der Waals surface area contributed by atoms with Crippen molar-refractivity contribution in [2.45, 2.75) is 45.6 Å². The maximum atomic E-state index is 12.7. The third-order valence-corrected chi connectivity index (χ3v) is 4.59. The molecule has 1 heterocycles. The predicted molar refractivity (Wildman–Crippen MR) is 96.8 cm³/mol. The average Bonchev–Trinajstić information content (AvgIpc) is 2.92. The second-order valence-electron chi connectivity index (χ2n) is 7.14. The highest BCUT2D eigenvalue weighted by atomic mass is 16.5. The molecule has 0 spiro atoms. The summed E-state index contributed by atoms with van der Waals surface area (Å²) in [5.41, 5.74) is -0.370. The Bertz CT molecular complexity index is 742. The zero-order chi connectivity index (χ0) is 18.8. The topological polar surface area (TPSA) is 71.7 Å². The van der Waals surface area contributed by atoms with Gasteiger partial charge in [-0.05, 0) is 58.4 Å². The molecule has 1 amide bonds. The van der Waals surface area contributed by atoms with E-state index in [1.807, 2.05) is 45.0 Å². The SMILES string of the molecule is COc1ccc(C(C)(C)C(=O)NCC(C)(O)c2cc(C)oc2C)cc1. The van der Waals surface area contributed by atoms with Gasteiger partial charge in [0.25, 0.3) is 0 Å². The van der Waals surface area contributed by atoms with Crippen LogP contribution in [0.15, 0.2) is 34.7 Å². The van der Waals surface area contributed by atoms with Crippen LogP contribution in [0.25, 0.3) is 0 Å². The van der Waals surface area contributed by atoms with Crippen molar-refractivity contribution in [2.24, 2.45) is 0 Å². The van der Waals surface area contributed by atoms with Crippen molar-refractivity contribution in [3.63, 3.8) is 0 Å². The fourth-order valence-corrected chi connectivity index (χ4v) is 2.87. The number of carbonyl (C=O) groups excluding carboxylic acids is 1. The molecule has 0 aliphatic heterocycles. The number of rotatable bonds is 6. The van der Waals surface area contributed by atoms with E-state index in [0.29, 0.717) is 11.3 Å². The fourth-order valence-electron chi connectivity index (χ4n) is 2.87. The molecule has 0 aliphatic rings. The highest BCUT2D eigenvalue weighted by molar-refractivity contribution is 5.87. The summed E-state index contributed by atoms with van der Waals surface area (Å²) in [7, 11) is 1.61. The minimum atomic E-state index is -1.20. The summed E-state index contributed by atoms with van der Waals surface area (Å²) in [6.45, 7) is 9.12. The molecule has 2 rings (SSSR count). The van der Waals surface area contributed by atoms with E-state index in [4.69, 9.17) is 9.15 Å². The lowest BCUT2D eigenvalue weighted by molar-refractivity contribution is -0.126. The molecule has 1 atom stereocenters. The van der Waals surface area contributed by atoms with Gasteiger partial charge in [0, 0.05) is 5.56 Å². The third kappa shape index (κ3) is 4.04. The van der Waals surface area contributed by atoms with E-state index in [0.717, 1.165) is 17.1 Å². The van der Waals surface area contributed by atoms with Crippen molar-refractivity contribution >= 4 is 5.91 Å². The largest absolute Gasteiger partial charge is 0.497 e. The molecule has 1 aromatic carbocycles. The minimum Gasteiger partial charge on any atom is -0.497 e. The van der Waals surface area contributed by atoms with E-state index < -0.39 is 11.0 Å². The number of hydrogen-bond donors (Lipinski definition) is 2. The highest BCUT2D eigenvalue weighted by Crippen LogP contribution is 2.28. The normalized spacial score (nSPS) is 14.0. The summed E-state index contributed by atoms with van der Waals surface area (Å²) < 4.78 is 10.6. The minimum absolute atomic E-state index is 0.102. The highest BCUT2D eigenvalue weighted by Gasteiger charge is 2.33. The zero-order valence-corrected chi connectivity index (χ0v) is 15.8. The number of aryl methyl sites for hydroxylation is 2. The van der Waals surface area contributed by atoms with Gasteiger partial charge in [0.1, 0.15) is 22.9 Å². The van der Waals surface area contributed by atoms with Gasteiger partial charge in [-0.25, -0.2) is 0 Å². The van der Waals surface area contributed by atoms with Crippen LogP contribution in [0.2, 0.25) is 0 Å². The lowest BCUT2D eigenvalue weighted by Crippen LogP contribution is -2.46. The number of benzene rings is 1. The van der Waals surface area contributed by atoms with Crippen LogP contribution in [-0.4, -0.2) is 24.7 Å². The van der Waals surface area contributed by atoms with Crippen molar-refractivity contribution in [1.82, 2.24) is 5.32 Å². The summed E-state index contributed by atoms with van der Waals surface area (Å²) in [5, 5.41) is 13.6. The fraction of sp³-hybridized carbons (Fsp3) is 0.450. The number of furan rings is 1. The lowest BCUT2D eigenvalue weighted by Gasteiger charge is -2.28. The van der Waals surface area contributed by atoms with Crippen LogP contribution >= 0.6 is 0 Å². The third-order valence-electron chi connectivity index (χ3n) is 4.59. The van der Waals surface area contributed by atoms with Gasteiger partial charge in [-0.1, -0.05) is 12.1 Å². The van der Waals surface area contributed by atoms with Crippen LogP contribution in [0, 0.1) is 13.8 Å². The Morgan fingerprint density at radius 2 is 1.80 bits per heavy atom. The van der Waals surface area contributed by atoms with Crippen LogP contribution in [0.3, 0.4) is 0 Å². The Kier molecular flexibility index (Phi) is 5.28. The number of ether oxygens (including phenoxy) is 1. The first-order valence-corrected chi connectivity index (χ1v) is 8.30. The summed E-state index contributed by atoms with van der Waals surface area (Å²) in [6.07, 6.45) is 0. The number of aliphatic hydroxyl groups is 1. The smallest absolute Gasteiger partial charge is 0.230 e. The van der Waals surface area contributed by atoms with Gasteiger partial charge in [0.15, 0.2) is 0 Å². The van der Waals surface area contributed by atoms with Crippen molar-refractivity contribution < 1.29 is 19.1 Å². The molecule has 5 heteroatoms. The summed E-state index contributed by atoms with van der Waals surface area (Å²) >= 11 is 0. The Hall–Kier alpha value is -2.27. The summed E-state index contributed by atoms with van der Waals surface area (Å²) in [6, 6.07) is 9.21. The van der Waals surface area contributed by atoms with Gasteiger partial charge in [-0.15, -0.1) is 0 Å². The van der Waals surface area contributed by atoms with Crippen LogP contribution < -0.4 is 10.1 Å². The van der Waals surface area contributed by atoms with Crippen molar-refractivity contribution in [2.75, 3.05) is 13.7 Å². The van der Waals surface area contributed by atoms with E-state index in [-0.39, 0.29) is 12.5 Å². The first-order valence-electron chi connectivity index (χ1n) is 8.30. The Morgan fingerprint density at radius 3 is 2.28 bits per heavy atom. The molecule has 2 N–H and O–H groups in total. The van der Waals surface area contributed by atoms with E-state index in [9.17, 15) is 9.90 Å². The molecule has 0 aliphatic carbocycles. The number of amides is 1. The monoisotopic (exact) mass is 345 g/mol. The van der Waals surface area contributed by atoms with Crippen LogP contribution in [-0.2, 0) is 15.8 Å². The number of methoxy groups -OCH3 is 1. The van der Waals surface area contributed by atoms with Gasteiger partial charge in [0.05, 0.1) is 19.1 Å². The molecule has 0 radical (unpaired) electrons. The summed E-state index contributed by atoms with van der Waals surface area (Å²) in [4.78, 5) is 12.7.